The minimum Gasteiger partial charge on any atom is -0.379 e. The summed E-state index contributed by atoms with van der Waals surface area (Å²) in [6.45, 7) is 8.28. The fourth-order valence-electron chi connectivity index (χ4n) is 2.14. The van der Waals surface area contributed by atoms with Crippen LogP contribution >= 0.6 is 11.3 Å². The predicted molar refractivity (Wildman–Crippen MR) is 96.1 cm³/mol. The number of anilines is 1. The average molecular weight is 347 g/mol. The monoisotopic (exact) mass is 347 g/mol. The van der Waals surface area contributed by atoms with Crippen LogP contribution in [0.4, 0.5) is 11.4 Å². The number of benzene rings is 1. The van der Waals surface area contributed by atoms with Gasteiger partial charge in [-0.15, -0.1) is 11.3 Å². The zero-order valence-electron chi connectivity index (χ0n) is 14.3. The molecule has 0 radical (unpaired) electrons. The van der Waals surface area contributed by atoms with Crippen LogP contribution in [0.15, 0.2) is 23.6 Å². The lowest BCUT2D eigenvalue weighted by Crippen LogP contribution is -2.11. The third-order valence-electron chi connectivity index (χ3n) is 3.49. The number of rotatable bonds is 6. The van der Waals surface area contributed by atoms with E-state index in [1.54, 1.807) is 23.5 Å². The summed E-state index contributed by atoms with van der Waals surface area (Å²) >= 11 is 1.63. The number of hydrogen-bond donors (Lipinski definition) is 1. The van der Waals surface area contributed by atoms with Gasteiger partial charge < -0.3 is 5.32 Å². The molecule has 24 heavy (non-hydrogen) atoms. The van der Waals surface area contributed by atoms with E-state index in [1.807, 2.05) is 5.38 Å². The second kappa shape index (κ2) is 7.09. The topological polar surface area (TPSA) is 85.1 Å². The van der Waals surface area contributed by atoms with Crippen molar-refractivity contribution in [2.45, 2.75) is 39.5 Å². The van der Waals surface area contributed by atoms with Gasteiger partial charge in [-0.1, -0.05) is 20.8 Å². The van der Waals surface area contributed by atoms with E-state index in [4.69, 9.17) is 0 Å². The number of Topliss-reactive ketones (excluding diaryl/α,β-unsaturated/α-hetero) is 1. The molecule has 0 fully saturated rings. The van der Waals surface area contributed by atoms with Crippen LogP contribution in [0.1, 0.15) is 48.8 Å². The lowest BCUT2D eigenvalue weighted by atomic mass is 9.98. The number of nitro benzene ring substituents is 1. The molecule has 1 aromatic carbocycles. The van der Waals surface area contributed by atoms with Gasteiger partial charge in [0.05, 0.1) is 15.6 Å². The largest absolute Gasteiger partial charge is 0.379 e. The third-order valence-corrected chi connectivity index (χ3v) is 4.81. The molecule has 0 atom stereocenters. The Bertz CT molecular complexity index is 763. The van der Waals surface area contributed by atoms with Gasteiger partial charge in [-0.05, 0) is 19.1 Å². The van der Waals surface area contributed by atoms with Gasteiger partial charge in [0.15, 0.2) is 5.78 Å². The van der Waals surface area contributed by atoms with Gasteiger partial charge in [-0.3, -0.25) is 14.9 Å². The fourth-order valence-corrected chi connectivity index (χ4v) is 3.08. The molecule has 128 valence electrons. The van der Waals surface area contributed by atoms with E-state index >= 15 is 0 Å². The summed E-state index contributed by atoms with van der Waals surface area (Å²) in [4.78, 5) is 26.7. The van der Waals surface area contributed by atoms with Crippen molar-refractivity contribution in [2.75, 3.05) is 11.9 Å². The summed E-state index contributed by atoms with van der Waals surface area (Å²) < 4.78 is 0. The van der Waals surface area contributed by atoms with Crippen molar-refractivity contribution in [3.8, 4) is 0 Å². The normalized spacial score (nSPS) is 11.3. The second-order valence-electron chi connectivity index (χ2n) is 6.62. The summed E-state index contributed by atoms with van der Waals surface area (Å²) in [5.74, 6) is -0.193. The molecule has 7 heteroatoms. The molecule has 2 aromatic rings. The van der Waals surface area contributed by atoms with Gasteiger partial charge in [0, 0.05) is 35.4 Å². The molecule has 0 saturated heterocycles. The SMILES string of the molecule is CC(=O)c1ccc(NCCc2csc(C(C)(C)C)n2)c([N+](=O)[O-])c1. The van der Waals surface area contributed by atoms with E-state index in [1.165, 1.54) is 13.0 Å². The van der Waals surface area contributed by atoms with Crippen molar-refractivity contribution in [3.63, 3.8) is 0 Å². The summed E-state index contributed by atoms with van der Waals surface area (Å²) in [5.41, 5.74) is 1.66. The first kappa shape index (κ1) is 18.1. The Balaban J connectivity index is 2.05. The standard InChI is InChI=1S/C17H21N3O3S/c1-11(21)12-5-6-14(15(9-12)20(22)23)18-8-7-13-10-24-16(19-13)17(2,3)4/h5-6,9-10,18H,7-8H2,1-4H3. The van der Waals surface area contributed by atoms with E-state index in [9.17, 15) is 14.9 Å². The van der Waals surface area contributed by atoms with Crippen LogP contribution in [0.25, 0.3) is 0 Å². The Kier molecular flexibility index (Phi) is 5.33. The van der Waals surface area contributed by atoms with Gasteiger partial charge in [0.2, 0.25) is 0 Å². The second-order valence-corrected chi connectivity index (χ2v) is 7.47. The molecule has 6 nitrogen and oxygen atoms in total. The summed E-state index contributed by atoms with van der Waals surface area (Å²) in [6, 6.07) is 4.49. The van der Waals surface area contributed by atoms with Gasteiger partial charge in [0.1, 0.15) is 5.69 Å². The van der Waals surface area contributed by atoms with E-state index in [-0.39, 0.29) is 16.9 Å². The van der Waals surface area contributed by atoms with Crippen LogP contribution in [-0.2, 0) is 11.8 Å². The van der Waals surface area contributed by atoms with Crippen LogP contribution in [-0.4, -0.2) is 22.2 Å². The van der Waals surface area contributed by atoms with Gasteiger partial charge in [-0.2, -0.15) is 0 Å². The molecule has 0 saturated carbocycles. The number of hydrogen-bond acceptors (Lipinski definition) is 6. The quantitative estimate of drug-likeness (QED) is 0.481. The molecule has 0 bridgehead atoms. The van der Waals surface area contributed by atoms with E-state index in [0.717, 1.165) is 10.7 Å². The predicted octanol–water partition coefficient (Wildman–Crippen LogP) is 4.21. The molecule has 2 rings (SSSR count). The number of carbonyl (C=O) groups is 1. The van der Waals surface area contributed by atoms with Crippen molar-refractivity contribution < 1.29 is 9.72 Å². The molecule has 1 N–H and O–H groups in total. The van der Waals surface area contributed by atoms with E-state index < -0.39 is 4.92 Å². The summed E-state index contributed by atoms with van der Waals surface area (Å²) in [5, 5.41) is 17.4. The molecule has 0 amide bonds. The minimum atomic E-state index is -0.477. The highest BCUT2D eigenvalue weighted by Crippen LogP contribution is 2.27. The Labute approximate surface area is 145 Å². The van der Waals surface area contributed by atoms with Crippen molar-refractivity contribution in [3.05, 3.63) is 50.0 Å². The highest BCUT2D eigenvalue weighted by Gasteiger charge is 2.18. The third kappa shape index (κ3) is 4.38. The first-order chi connectivity index (χ1) is 11.2. The molecule has 0 aliphatic carbocycles. The van der Waals surface area contributed by atoms with Gasteiger partial charge >= 0.3 is 0 Å². The Morgan fingerprint density at radius 1 is 1.38 bits per heavy atom. The van der Waals surface area contributed by atoms with Crippen LogP contribution < -0.4 is 5.32 Å². The van der Waals surface area contributed by atoms with Crippen molar-refractivity contribution in [2.24, 2.45) is 0 Å². The Morgan fingerprint density at radius 2 is 2.08 bits per heavy atom. The van der Waals surface area contributed by atoms with Gasteiger partial charge in [-0.25, -0.2) is 4.98 Å². The number of nitro groups is 1. The molecule has 0 aliphatic heterocycles. The number of thiazole rings is 1. The zero-order valence-corrected chi connectivity index (χ0v) is 15.1. The highest BCUT2D eigenvalue weighted by molar-refractivity contribution is 7.09. The van der Waals surface area contributed by atoms with Crippen LogP contribution in [0, 0.1) is 10.1 Å². The Hall–Kier alpha value is -2.28. The lowest BCUT2D eigenvalue weighted by Gasteiger charge is -2.13. The maximum Gasteiger partial charge on any atom is 0.293 e. The van der Waals surface area contributed by atoms with E-state index in [2.05, 4.69) is 31.1 Å². The molecule has 0 aliphatic rings. The average Bonchev–Trinajstić information content (AvgIpc) is 2.96. The smallest absolute Gasteiger partial charge is 0.293 e. The van der Waals surface area contributed by atoms with Crippen LogP contribution in [0.3, 0.4) is 0 Å². The zero-order chi connectivity index (χ0) is 17.9. The van der Waals surface area contributed by atoms with Crippen LogP contribution in [0.5, 0.6) is 0 Å². The summed E-state index contributed by atoms with van der Waals surface area (Å²) in [7, 11) is 0. The number of carbonyl (C=O) groups excluding carboxylic acids is 1. The first-order valence-corrected chi connectivity index (χ1v) is 8.54. The summed E-state index contributed by atoms with van der Waals surface area (Å²) in [6.07, 6.45) is 0.679. The first-order valence-electron chi connectivity index (χ1n) is 7.66. The fraction of sp³-hybridized carbons (Fsp3) is 0.412. The van der Waals surface area contributed by atoms with Crippen molar-refractivity contribution in [1.29, 1.82) is 0 Å². The number of nitrogens with zero attached hydrogens (tertiary/aromatic N) is 2. The lowest BCUT2D eigenvalue weighted by molar-refractivity contribution is -0.384. The van der Waals surface area contributed by atoms with E-state index in [0.29, 0.717) is 24.2 Å². The molecule has 0 unspecified atom stereocenters. The minimum absolute atomic E-state index is 0.0254. The molecule has 1 heterocycles. The number of ketones is 1. The number of nitrogens with one attached hydrogen (secondary N) is 1. The molecule has 0 spiro atoms. The number of aromatic nitrogens is 1. The maximum atomic E-state index is 11.4. The highest BCUT2D eigenvalue weighted by atomic mass is 32.1. The molecule has 1 aromatic heterocycles. The van der Waals surface area contributed by atoms with Crippen molar-refractivity contribution >= 4 is 28.5 Å². The Morgan fingerprint density at radius 3 is 2.62 bits per heavy atom. The molecular weight excluding hydrogens is 326 g/mol. The van der Waals surface area contributed by atoms with Crippen LogP contribution in [0.2, 0.25) is 0 Å². The molecular formula is C17H21N3O3S. The van der Waals surface area contributed by atoms with Crippen molar-refractivity contribution in [1.82, 2.24) is 4.98 Å². The maximum absolute atomic E-state index is 11.4. The van der Waals surface area contributed by atoms with Gasteiger partial charge in [0.25, 0.3) is 5.69 Å².